The summed E-state index contributed by atoms with van der Waals surface area (Å²) in [7, 11) is 0. The first-order valence-electron chi connectivity index (χ1n) is 14.1. The van der Waals surface area contributed by atoms with E-state index in [1.807, 2.05) is 36.4 Å². The zero-order valence-corrected chi connectivity index (χ0v) is 23.0. The summed E-state index contributed by atoms with van der Waals surface area (Å²) in [5, 5.41) is 2.09. The van der Waals surface area contributed by atoms with Gasteiger partial charge in [-0.25, -0.2) is 9.97 Å². The van der Waals surface area contributed by atoms with Crippen LogP contribution in [0.3, 0.4) is 0 Å². The minimum absolute atomic E-state index is 0.134. The maximum Gasteiger partial charge on any atom is 0.161 e. The predicted octanol–water partition coefficient (Wildman–Crippen LogP) is 7.08. The number of benzene rings is 3. The topological polar surface area (TPSA) is 38.2 Å². The van der Waals surface area contributed by atoms with Crippen molar-refractivity contribution in [2.75, 3.05) is 4.90 Å². The number of allylic oxidation sites excluding steroid dienone is 8. The van der Waals surface area contributed by atoms with Gasteiger partial charge in [0.15, 0.2) is 5.82 Å². The van der Waals surface area contributed by atoms with E-state index in [9.17, 15) is 0 Å². The molecule has 42 heavy (non-hydrogen) atoms. The molecule has 0 saturated carbocycles. The van der Waals surface area contributed by atoms with Gasteiger partial charge in [-0.15, -0.1) is 0 Å². The molecule has 0 fully saturated rings. The zero-order chi connectivity index (χ0) is 28.3. The largest absolute Gasteiger partial charge is 0.464 e. The van der Waals surface area contributed by atoms with E-state index in [0.29, 0.717) is 0 Å². The average Bonchev–Trinajstić information content (AvgIpc) is 3.37. The van der Waals surface area contributed by atoms with Gasteiger partial charge in [0.05, 0.1) is 18.0 Å². The molecule has 0 bridgehead atoms. The van der Waals surface area contributed by atoms with E-state index in [2.05, 4.69) is 113 Å². The molecule has 4 aromatic rings. The average molecular weight is 544 g/mol. The fraction of sp³-hybridized carbons (Fsp3) is 0.0526. The summed E-state index contributed by atoms with van der Waals surface area (Å²) < 4.78 is 6.01. The third-order valence-corrected chi connectivity index (χ3v) is 7.84. The third-order valence-electron chi connectivity index (χ3n) is 7.84. The number of hydrogen-bond donors (Lipinski definition) is 0. The highest BCUT2D eigenvalue weighted by Gasteiger charge is 2.39. The first-order valence-corrected chi connectivity index (χ1v) is 14.1. The number of fused-ring (bicyclic) bond motifs is 4. The molecule has 202 valence electrons. The second kappa shape index (κ2) is 11.2. The minimum Gasteiger partial charge on any atom is -0.464 e. The Morgan fingerprint density at radius 1 is 0.786 bits per heavy atom. The molecule has 3 aromatic carbocycles. The molecule has 0 radical (unpaired) electrons. The minimum atomic E-state index is 0.134. The number of aromatic nitrogens is 2. The van der Waals surface area contributed by atoms with Crippen molar-refractivity contribution in [2.24, 2.45) is 0 Å². The second-order valence-electron chi connectivity index (χ2n) is 10.3. The van der Waals surface area contributed by atoms with E-state index in [4.69, 9.17) is 4.74 Å². The van der Waals surface area contributed by atoms with Gasteiger partial charge >= 0.3 is 0 Å². The van der Waals surface area contributed by atoms with E-state index in [-0.39, 0.29) is 12.0 Å². The number of ether oxygens (including phenoxy) is 1. The van der Waals surface area contributed by atoms with Gasteiger partial charge in [-0.2, -0.15) is 0 Å². The van der Waals surface area contributed by atoms with Crippen LogP contribution >= 0.6 is 0 Å². The Morgan fingerprint density at radius 2 is 1.62 bits per heavy atom. The van der Waals surface area contributed by atoms with Crippen molar-refractivity contribution in [3.8, 4) is 17.1 Å². The van der Waals surface area contributed by atoms with Gasteiger partial charge in [0.25, 0.3) is 0 Å². The van der Waals surface area contributed by atoms with Crippen LogP contribution in [0, 0.1) is 0 Å². The van der Waals surface area contributed by atoms with Gasteiger partial charge in [-0.05, 0) is 58.3 Å². The molecule has 4 heteroatoms. The molecule has 1 aliphatic carbocycles. The Morgan fingerprint density at radius 3 is 2.50 bits per heavy atom. The van der Waals surface area contributed by atoms with Crippen LogP contribution in [0.1, 0.15) is 11.5 Å². The van der Waals surface area contributed by atoms with Crippen LogP contribution < -0.4 is 20.1 Å². The van der Waals surface area contributed by atoms with Crippen LogP contribution in [0.25, 0.3) is 23.5 Å². The van der Waals surface area contributed by atoms with Crippen molar-refractivity contribution in [1.29, 1.82) is 0 Å². The van der Waals surface area contributed by atoms with Gasteiger partial charge in [0, 0.05) is 34.8 Å². The number of anilines is 2. The van der Waals surface area contributed by atoms with Crippen LogP contribution in [-0.4, -0.2) is 16.0 Å². The highest BCUT2D eigenvalue weighted by molar-refractivity contribution is 5.84. The summed E-state index contributed by atoms with van der Waals surface area (Å²) in [6.45, 7) is 3.86. The lowest BCUT2D eigenvalue weighted by Gasteiger charge is -2.31. The van der Waals surface area contributed by atoms with Crippen LogP contribution in [0.15, 0.2) is 158 Å². The molecule has 0 amide bonds. The summed E-state index contributed by atoms with van der Waals surface area (Å²) >= 11 is 0. The van der Waals surface area contributed by atoms with Gasteiger partial charge in [0.2, 0.25) is 0 Å². The molecule has 0 spiro atoms. The summed E-state index contributed by atoms with van der Waals surface area (Å²) in [6, 6.07) is 25.1. The molecule has 7 rings (SSSR count). The standard InChI is InChI=1S/C38H29N3O/c1-2-11-28-13-8-20-37-30(28)17-7-12-27(14-9-25-42-37)29-21-22-36-33(26-29)31-15-3-5-18-34(31)41(36)35-19-6-4-16-32(35)38-39-23-10-24-40-38/h2-26,33,36H,1H2/b12-7+,25-9+,27-14+,28-11-,30-17-. The van der Waals surface area contributed by atoms with Crippen LogP contribution in [0.4, 0.5) is 11.4 Å². The summed E-state index contributed by atoms with van der Waals surface area (Å²) in [5.74, 6) is 1.73. The molecule has 0 saturated heterocycles. The Bertz CT molecular complexity index is 1950. The molecule has 2 atom stereocenters. The molecule has 0 N–H and O–H groups in total. The number of nitrogens with zero attached hydrogens (tertiary/aromatic N) is 3. The molecular weight excluding hydrogens is 514 g/mol. The maximum atomic E-state index is 6.01. The summed E-state index contributed by atoms with van der Waals surface area (Å²) in [6.07, 6.45) is 26.5. The smallest absolute Gasteiger partial charge is 0.161 e. The molecule has 4 nitrogen and oxygen atoms in total. The number of para-hydroxylation sites is 2. The normalized spacial score (nSPS) is 22.6. The van der Waals surface area contributed by atoms with Gasteiger partial charge in [-0.1, -0.05) is 104 Å². The number of hydrogen-bond acceptors (Lipinski definition) is 4. The van der Waals surface area contributed by atoms with Crippen LogP contribution in [0.5, 0.6) is 5.75 Å². The Balaban J connectivity index is 1.28. The van der Waals surface area contributed by atoms with Gasteiger partial charge in [0.1, 0.15) is 5.75 Å². The monoisotopic (exact) mass is 543 g/mol. The lowest BCUT2D eigenvalue weighted by molar-refractivity contribution is 0.477. The predicted molar refractivity (Wildman–Crippen MR) is 172 cm³/mol. The molecule has 3 aliphatic rings. The van der Waals surface area contributed by atoms with Crippen LogP contribution in [0.2, 0.25) is 0 Å². The van der Waals surface area contributed by atoms with E-state index in [0.717, 1.165) is 38.8 Å². The Kier molecular flexibility index (Phi) is 6.79. The van der Waals surface area contributed by atoms with Crippen molar-refractivity contribution < 1.29 is 4.74 Å². The van der Waals surface area contributed by atoms with Crippen molar-refractivity contribution >= 4 is 23.5 Å². The van der Waals surface area contributed by atoms with E-state index >= 15 is 0 Å². The molecular formula is C38H29N3O. The quantitative estimate of drug-likeness (QED) is 0.276. The van der Waals surface area contributed by atoms with Crippen molar-refractivity contribution in [2.45, 2.75) is 12.0 Å². The molecule has 1 aromatic heterocycles. The Hall–Kier alpha value is -5.48. The van der Waals surface area contributed by atoms with Gasteiger partial charge in [-0.3, -0.25) is 0 Å². The first-order chi connectivity index (χ1) is 20.8. The van der Waals surface area contributed by atoms with E-state index in [1.165, 1.54) is 16.8 Å². The van der Waals surface area contributed by atoms with Crippen molar-refractivity contribution in [3.05, 3.63) is 174 Å². The molecule has 2 unspecified atom stereocenters. The van der Waals surface area contributed by atoms with E-state index in [1.54, 1.807) is 24.7 Å². The van der Waals surface area contributed by atoms with Crippen molar-refractivity contribution in [3.63, 3.8) is 0 Å². The summed E-state index contributed by atoms with van der Waals surface area (Å²) in [4.78, 5) is 11.6. The lowest BCUT2D eigenvalue weighted by atomic mass is 9.86. The number of rotatable bonds is 4. The first kappa shape index (κ1) is 25.5. The van der Waals surface area contributed by atoms with Gasteiger partial charge < -0.3 is 9.64 Å². The van der Waals surface area contributed by atoms with Crippen molar-refractivity contribution in [1.82, 2.24) is 9.97 Å². The molecule has 3 heterocycles. The third kappa shape index (κ3) is 4.63. The van der Waals surface area contributed by atoms with E-state index < -0.39 is 0 Å². The highest BCUT2D eigenvalue weighted by atomic mass is 16.5. The maximum absolute atomic E-state index is 6.01. The molecule has 2 aliphatic heterocycles. The summed E-state index contributed by atoms with van der Waals surface area (Å²) in [5.41, 5.74) is 6.92. The Labute approximate surface area is 245 Å². The zero-order valence-electron chi connectivity index (χ0n) is 23.0. The highest BCUT2D eigenvalue weighted by Crippen LogP contribution is 2.50. The fourth-order valence-electron chi connectivity index (χ4n) is 6.00. The SMILES string of the molecule is C=C/C=c1/cccc2/c1=C\C=C\C(C1=CC3c4ccccc4N(c4ccccc4-c4ncccn4)C3C=C1)=C/C=C/O2. The van der Waals surface area contributed by atoms with Crippen LogP contribution in [-0.2, 0) is 0 Å². The lowest BCUT2D eigenvalue weighted by Crippen LogP contribution is -2.29. The fourth-order valence-corrected chi connectivity index (χ4v) is 6.00. The second-order valence-corrected chi connectivity index (χ2v) is 10.3.